The lowest BCUT2D eigenvalue weighted by Gasteiger charge is -2.14. The quantitative estimate of drug-likeness (QED) is 0.334. The third-order valence-electron chi connectivity index (χ3n) is 4.81. The highest BCUT2D eigenvalue weighted by Gasteiger charge is 2.11. The second kappa shape index (κ2) is 10.7. The monoisotopic (exact) mass is 344 g/mol. The third-order valence-corrected chi connectivity index (χ3v) is 5.25. The molecule has 0 N–H and O–H groups in total. The SMILES string of the molecule is CCCCCCCCCCCc1cc2ccccc2c(S)c1OC. The number of thiol groups is 1. The van der Waals surface area contributed by atoms with Crippen LogP contribution >= 0.6 is 12.6 Å². The Balaban J connectivity index is 1.82. The number of hydrogen-bond donors (Lipinski definition) is 1. The molecule has 0 saturated carbocycles. The fraction of sp³-hybridized carbons (Fsp3) is 0.545. The minimum Gasteiger partial charge on any atom is -0.495 e. The van der Waals surface area contributed by atoms with Crippen LogP contribution in [0, 0.1) is 0 Å². The highest BCUT2D eigenvalue weighted by atomic mass is 32.1. The number of aryl methyl sites for hydroxylation is 1. The molecule has 0 fully saturated rings. The molecule has 0 atom stereocenters. The van der Waals surface area contributed by atoms with Gasteiger partial charge in [-0.2, -0.15) is 0 Å². The zero-order chi connectivity index (χ0) is 17.2. The zero-order valence-corrected chi connectivity index (χ0v) is 16.2. The van der Waals surface area contributed by atoms with Gasteiger partial charge in [-0.3, -0.25) is 0 Å². The predicted molar refractivity (Wildman–Crippen MR) is 109 cm³/mol. The van der Waals surface area contributed by atoms with Gasteiger partial charge in [-0.1, -0.05) is 82.6 Å². The van der Waals surface area contributed by atoms with Crippen molar-refractivity contribution >= 4 is 23.4 Å². The van der Waals surface area contributed by atoms with Gasteiger partial charge in [0.2, 0.25) is 0 Å². The highest BCUT2D eigenvalue weighted by Crippen LogP contribution is 2.35. The molecule has 2 aromatic carbocycles. The molecule has 0 aliphatic rings. The summed E-state index contributed by atoms with van der Waals surface area (Å²) in [6.45, 7) is 2.28. The van der Waals surface area contributed by atoms with Crippen molar-refractivity contribution in [3.8, 4) is 5.75 Å². The zero-order valence-electron chi connectivity index (χ0n) is 15.3. The molecule has 0 aliphatic carbocycles. The van der Waals surface area contributed by atoms with Crippen LogP contribution in [0.3, 0.4) is 0 Å². The second-order valence-electron chi connectivity index (χ2n) is 6.72. The van der Waals surface area contributed by atoms with E-state index in [1.54, 1.807) is 7.11 Å². The van der Waals surface area contributed by atoms with Gasteiger partial charge in [0.05, 0.1) is 12.0 Å². The summed E-state index contributed by atoms with van der Waals surface area (Å²) in [5.74, 6) is 0.955. The Hall–Kier alpha value is -1.15. The van der Waals surface area contributed by atoms with Crippen LogP contribution in [0.1, 0.15) is 70.3 Å². The van der Waals surface area contributed by atoms with Crippen LogP contribution in [0.25, 0.3) is 10.8 Å². The first-order chi connectivity index (χ1) is 11.8. The normalized spacial score (nSPS) is 11.1. The first-order valence-corrected chi connectivity index (χ1v) is 10.00. The number of hydrogen-bond acceptors (Lipinski definition) is 2. The van der Waals surface area contributed by atoms with Crippen molar-refractivity contribution in [2.45, 2.75) is 76.0 Å². The average Bonchev–Trinajstić information content (AvgIpc) is 2.60. The molecule has 2 rings (SSSR count). The summed E-state index contributed by atoms with van der Waals surface area (Å²) < 4.78 is 5.64. The second-order valence-corrected chi connectivity index (χ2v) is 7.16. The molecule has 0 aliphatic heterocycles. The maximum Gasteiger partial charge on any atom is 0.135 e. The summed E-state index contributed by atoms with van der Waals surface area (Å²) >= 11 is 4.71. The summed E-state index contributed by atoms with van der Waals surface area (Å²) in [6, 6.07) is 10.7. The molecule has 0 heterocycles. The van der Waals surface area contributed by atoms with E-state index in [4.69, 9.17) is 17.4 Å². The molecular weight excluding hydrogens is 312 g/mol. The molecule has 0 aromatic heterocycles. The molecule has 2 aromatic rings. The number of unbranched alkanes of at least 4 members (excludes halogenated alkanes) is 8. The maximum absolute atomic E-state index is 5.64. The van der Waals surface area contributed by atoms with E-state index in [0.29, 0.717) is 0 Å². The first-order valence-electron chi connectivity index (χ1n) is 9.55. The Labute approximate surface area is 153 Å². The van der Waals surface area contributed by atoms with Crippen molar-refractivity contribution in [3.05, 3.63) is 35.9 Å². The minimum absolute atomic E-state index is 0.955. The van der Waals surface area contributed by atoms with Crippen LogP contribution in [0.4, 0.5) is 0 Å². The van der Waals surface area contributed by atoms with Crippen LogP contribution in [0.15, 0.2) is 35.2 Å². The van der Waals surface area contributed by atoms with Crippen LogP contribution in [0.5, 0.6) is 5.75 Å². The van der Waals surface area contributed by atoms with E-state index in [9.17, 15) is 0 Å². The fourth-order valence-electron chi connectivity index (χ4n) is 3.41. The number of fused-ring (bicyclic) bond motifs is 1. The predicted octanol–water partition coefficient (Wildman–Crippen LogP) is 7.21. The number of rotatable bonds is 11. The van der Waals surface area contributed by atoms with E-state index in [1.807, 2.05) is 0 Å². The minimum atomic E-state index is 0.955. The van der Waals surface area contributed by atoms with Gasteiger partial charge < -0.3 is 4.74 Å². The van der Waals surface area contributed by atoms with Crippen molar-refractivity contribution in [2.24, 2.45) is 0 Å². The van der Waals surface area contributed by atoms with Crippen LogP contribution in [0.2, 0.25) is 0 Å². The van der Waals surface area contributed by atoms with E-state index in [0.717, 1.165) is 17.1 Å². The van der Waals surface area contributed by atoms with Crippen molar-refractivity contribution < 1.29 is 4.74 Å². The Kier molecular flexibility index (Phi) is 8.52. The van der Waals surface area contributed by atoms with E-state index >= 15 is 0 Å². The van der Waals surface area contributed by atoms with Crippen molar-refractivity contribution in [1.82, 2.24) is 0 Å². The molecular formula is C22H32OS. The summed E-state index contributed by atoms with van der Waals surface area (Å²) in [5.41, 5.74) is 1.30. The Bertz CT molecular complexity index is 621. The molecule has 0 bridgehead atoms. The molecule has 24 heavy (non-hydrogen) atoms. The maximum atomic E-state index is 5.64. The first kappa shape index (κ1) is 19.2. The topological polar surface area (TPSA) is 9.23 Å². The van der Waals surface area contributed by atoms with Crippen LogP contribution < -0.4 is 4.74 Å². The lowest BCUT2D eigenvalue weighted by Crippen LogP contribution is -1.95. The van der Waals surface area contributed by atoms with Crippen molar-refractivity contribution in [2.75, 3.05) is 7.11 Å². The number of ether oxygens (including phenoxy) is 1. The van der Waals surface area contributed by atoms with Gasteiger partial charge in [0.1, 0.15) is 5.75 Å². The number of benzene rings is 2. The van der Waals surface area contributed by atoms with E-state index in [-0.39, 0.29) is 0 Å². The van der Waals surface area contributed by atoms with Gasteiger partial charge in [0.25, 0.3) is 0 Å². The molecule has 2 heteroatoms. The molecule has 0 spiro atoms. The molecule has 0 amide bonds. The lowest BCUT2D eigenvalue weighted by atomic mass is 10.00. The van der Waals surface area contributed by atoms with Gasteiger partial charge in [-0.15, -0.1) is 12.6 Å². The molecule has 0 unspecified atom stereocenters. The lowest BCUT2D eigenvalue weighted by molar-refractivity contribution is 0.400. The largest absolute Gasteiger partial charge is 0.495 e. The van der Waals surface area contributed by atoms with E-state index in [1.165, 1.54) is 74.1 Å². The van der Waals surface area contributed by atoms with Crippen molar-refractivity contribution in [3.63, 3.8) is 0 Å². The van der Waals surface area contributed by atoms with Gasteiger partial charge >= 0.3 is 0 Å². The van der Waals surface area contributed by atoms with Gasteiger partial charge in [-0.25, -0.2) is 0 Å². The van der Waals surface area contributed by atoms with Crippen LogP contribution in [-0.2, 0) is 6.42 Å². The van der Waals surface area contributed by atoms with Gasteiger partial charge in [0.15, 0.2) is 0 Å². The van der Waals surface area contributed by atoms with Crippen LogP contribution in [-0.4, -0.2) is 7.11 Å². The summed E-state index contributed by atoms with van der Waals surface area (Å²) in [7, 11) is 1.75. The Morgan fingerprint density at radius 2 is 1.50 bits per heavy atom. The standard InChI is InChI=1S/C22H32OS/c1-3-4-5-6-7-8-9-10-11-15-19-17-18-14-12-13-16-20(18)22(24)21(19)23-2/h12-14,16-17,24H,3-11,15H2,1-2H3. The molecule has 0 radical (unpaired) electrons. The third kappa shape index (κ3) is 5.44. The number of methoxy groups -OCH3 is 1. The van der Waals surface area contributed by atoms with E-state index in [2.05, 4.69) is 37.3 Å². The summed E-state index contributed by atoms with van der Waals surface area (Å²) in [6.07, 6.45) is 13.3. The Morgan fingerprint density at radius 1 is 0.875 bits per heavy atom. The summed E-state index contributed by atoms with van der Waals surface area (Å²) in [5, 5.41) is 2.43. The molecule has 1 nitrogen and oxygen atoms in total. The highest BCUT2D eigenvalue weighted by molar-refractivity contribution is 7.80. The summed E-state index contributed by atoms with van der Waals surface area (Å²) in [4.78, 5) is 0.974. The fourth-order valence-corrected chi connectivity index (χ4v) is 3.84. The molecule has 0 saturated heterocycles. The molecule has 132 valence electrons. The van der Waals surface area contributed by atoms with Gasteiger partial charge in [0, 0.05) is 0 Å². The van der Waals surface area contributed by atoms with E-state index < -0.39 is 0 Å². The van der Waals surface area contributed by atoms with Gasteiger partial charge in [-0.05, 0) is 35.2 Å². The Morgan fingerprint density at radius 3 is 2.17 bits per heavy atom. The smallest absolute Gasteiger partial charge is 0.135 e. The van der Waals surface area contributed by atoms with Crippen molar-refractivity contribution in [1.29, 1.82) is 0 Å². The average molecular weight is 345 g/mol.